The highest BCUT2D eigenvalue weighted by Crippen LogP contribution is 2.20. The van der Waals surface area contributed by atoms with Crippen LogP contribution in [0.2, 0.25) is 0 Å². The fraction of sp³-hybridized carbons (Fsp3) is 0.308. The first-order valence-electron chi connectivity index (χ1n) is 6.22. The molecule has 0 amide bonds. The van der Waals surface area contributed by atoms with Gasteiger partial charge in [-0.15, -0.1) is 5.10 Å². The van der Waals surface area contributed by atoms with Gasteiger partial charge in [-0.25, -0.2) is 14.5 Å². The molecule has 1 aromatic carbocycles. The number of para-hydroxylation sites is 1. The quantitative estimate of drug-likeness (QED) is 0.738. The zero-order valence-corrected chi connectivity index (χ0v) is 12.2. The second kappa shape index (κ2) is 7.09. The predicted octanol–water partition coefficient (Wildman–Crippen LogP) is 0.926. The minimum atomic E-state index is -0.963. The van der Waals surface area contributed by atoms with Crippen LogP contribution in [-0.4, -0.2) is 45.3 Å². The Balaban J connectivity index is 2.39. The van der Waals surface area contributed by atoms with Crippen molar-refractivity contribution < 1.29 is 14.6 Å². The van der Waals surface area contributed by atoms with Gasteiger partial charge in [-0.1, -0.05) is 30.0 Å². The van der Waals surface area contributed by atoms with E-state index in [1.165, 1.54) is 4.57 Å². The van der Waals surface area contributed by atoms with E-state index in [1.54, 1.807) is 13.2 Å². The SMILES string of the molecule is COCCc1ccccc1-n1c(SCC(=O)O)n[nH]c1=O. The highest BCUT2D eigenvalue weighted by atomic mass is 32.2. The number of hydrogen-bond donors (Lipinski definition) is 2. The average Bonchev–Trinajstić information content (AvgIpc) is 2.84. The number of aromatic nitrogens is 3. The number of H-pyrrole nitrogens is 1. The van der Waals surface area contributed by atoms with Crippen LogP contribution in [-0.2, 0) is 16.0 Å². The number of nitrogens with zero attached hydrogens (tertiary/aromatic N) is 2. The smallest absolute Gasteiger partial charge is 0.348 e. The predicted molar refractivity (Wildman–Crippen MR) is 78.1 cm³/mol. The number of thioether (sulfide) groups is 1. The lowest BCUT2D eigenvalue weighted by molar-refractivity contribution is -0.133. The minimum Gasteiger partial charge on any atom is -0.481 e. The van der Waals surface area contributed by atoms with E-state index in [2.05, 4.69) is 10.2 Å². The third-order valence-corrected chi connectivity index (χ3v) is 3.70. The van der Waals surface area contributed by atoms with Crippen LogP contribution in [0.15, 0.2) is 34.2 Å². The van der Waals surface area contributed by atoms with Gasteiger partial charge in [-0.3, -0.25) is 4.79 Å². The second-order valence-corrected chi connectivity index (χ2v) is 5.14. The van der Waals surface area contributed by atoms with Gasteiger partial charge in [0.05, 0.1) is 18.0 Å². The summed E-state index contributed by atoms with van der Waals surface area (Å²) >= 11 is 0.993. The zero-order chi connectivity index (χ0) is 15.2. The lowest BCUT2D eigenvalue weighted by atomic mass is 10.1. The second-order valence-electron chi connectivity index (χ2n) is 4.20. The van der Waals surface area contributed by atoms with Crippen molar-refractivity contribution in [1.29, 1.82) is 0 Å². The molecule has 21 heavy (non-hydrogen) atoms. The van der Waals surface area contributed by atoms with Crippen LogP contribution in [0.4, 0.5) is 0 Å². The van der Waals surface area contributed by atoms with Crippen molar-refractivity contribution in [2.45, 2.75) is 11.6 Å². The molecule has 0 aliphatic rings. The maximum atomic E-state index is 12.0. The molecule has 0 aliphatic heterocycles. The summed E-state index contributed by atoms with van der Waals surface area (Å²) in [6.45, 7) is 0.529. The van der Waals surface area contributed by atoms with E-state index in [4.69, 9.17) is 9.84 Å². The molecule has 7 nitrogen and oxygen atoms in total. The van der Waals surface area contributed by atoms with Gasteiger partial charge in [-0.05, 0) is 18.1 Å². The Labute approximate surface area is 124 Å². The van der Waals surface area contributed by atoms with E-state index < -0.39 is 11.7 Å². The number of aromatic amines is 1. The summed E-state index contributed by atoms with van der Waals surface area (Å²) in [7, 11) is 1.61. The number of aliphatic carboxylic acids is 1. The van der Waals surface area contributed by atoms with Crippen LogP contribution < -0.4 is 5.69 Å². The van der Waals surface area contributed by atoms with Crippen molar-refractivity contribution in [3.05, 3.63) is 40.3 Å². The Bertz CT molecular complexity index is 680. The molecule has 2 aromatic rings. The summed E-state index contributed by atoms with van der Waals surface area (Å²) in [4.78, 5) is 22.6. The minimum absolute atomic E-state index is 0.162. The monoisotopic (exact) mass is 309 g/mol. The highest BCUT2D eigenvalue weighted by Gasteiger charge is 2.15. The fourth-order valence-corrected chi connectivity index (χ4v) is 2.54. The average molecular weight is 309 g/mol. The van der Waals surface area contributed by atoms with Gasteiger partial charge in [0.25, 0.3) is 0 Å². The maximum absolute atomic E-state index is 12.0. The van der Waals surface area contributed by atoms with E-state index in [0.29, 0.717) is 23.9 Å². The summed E-state index contributed by atoms with van der Waals surface area (Å²) < 4.78 is 6.45. The molecule has 2 N–H and O–H groups in total. The highest BCUT2D eigenvalue weighted by molar-refractivity contribution is 7.99. The lowest BCUT2D eigenvalue weighted by Gasteiger charge is -2.10. The van der Waals surface area contributed by atoms with Crippen LogP contribution in [0.3, 0.4) is 0 Å². The summed E-state index contributed by atoms with van der Waals surface area (Å²) in [5.41, 5.74) is 1.22. The fourth-order valence-electron chi connectivity index (χ4n) is 1.87. The molecule has 1 heterocycles. The van der Waals surface area contributed by atoms with Crippen LogP contribution >= 0.6 is 11.8 Å². The van der Waals surface area contributed by atoms with Crippen LogP contribution in [0.25, 0.3) is 5.69 Å². The van der Waals surface area contributed by atoms with Crippen molar-refractivity contribution in [2.75, 3.05) is 19.5 Å². The first-order chi connectivity index (χ1) is 10.1. The molecule has 8 heteroatoms. The van der Waals surface area contributed by atoms with Crippen molar-refractivity contribution in [3.8, 4) is 5.69 Å². The van der Waals surface area contributed by atoms with Gasteiger partial charge in [0, 0.05) is 7.11 Å². The molecule has 0 aliphatic carbocycles. The molecule has 0 radical (unpaired) electrons. The third kappa shape index (κ3) is 3.73. The first kappa shape index (κ1) is 15.3. The lowest BCUT2D eigenvalue weighted by Crippen LogP contribution is -2.18. The van der Waals surface area contributed by atoms with Gasteiger partial charge in [0.2, 0.25) is 0 Å². The topological polar surface area (TPSA) is 97.2 Å². The molecule has 0 atom stereocenters. The number of nitrogens with one attached hydrogen (secondary N) is 1. The van der Waals surface area contributed by atoms with Gasteiger partial charge in [0.15, 0.2) is 5.16 Å². The van der Waals surface area contributed by atoms with Crippen molar-refractivity contribution in [3.63, 3.8) is 0 Å². The van der Waals surface area contributed by atoms with Crippen LogP contribution in [0.1, 0.15) is 5.56 Å². The molecular formula is C13H15N3O4S. The summed E-state index contributed by atoms with van der Waals surface area (Å²) in [5.74, 6) is -1.13. The van der Waals surface area contributed by atoms with Crippen molar-refractivity contribution >= 4 is 17.7 Å². The Kier molecular flexibility index (Phi) is 5.18. The number of carboxylic acid groups (broad SMARTS) is 1. The van der Waals surface area contributed by atoms with Crippen LogP contribution in [0, 0.1) is 0 Å². The van der Waals surface area contributed by atoms with Crippen LogP contribution in [0.5, 0.6) is 0 Å². The maximum Gasteiger partial charge on any atom is 0.348 e. The molecule has 0 unspecified atom stereocenters. The molecule has 2 rings (SSSR count). The van der Waals surface area contributed by atoms with E-state index >= 15 is 0 Å². The molecule has 1 aromatic heterocycles. The third-order valence-electron chi connectivity index (χ3n) is 2.77. The standard InChI is InChI=1S/C13H15N3O4S/c1-20-7-6-9-4-2-3-5-10(9)16-12(19)14-15-13(16)21-8-11(17)18/h2-5H,6-8H2,1H3,(H,14,19)(H,17,18). The molecule has 0 saturated heterocycles. The number of methoxy groups -OCH3 is 1. The number of benzene rings is 1. The van der Waals surface area contributed by atoms with Gasteiger partial charge in [-0.2, -0.15) is 0 Å². The summed E-state index contributed by atoms with van der Waals surface area (Å²) in [5, 5.41) is 15.3. The Morgan fingerprint density at radius 2 is 2.24 bits per heavy atom. The first-order valence-corrected chi connectivity index (χ1v) is 7.21. The van der Waals surface area contributed by atoms with E-state index in [9.17, 15) is 9.59 Å². The Morgan fingerprint density at radius 3 is 2.95 bits per heavy atom. The van der Waals surface area contributed by atoms with Crippen molar-refractivity contribution in [2.24, 2.45) is 0 Å². The number of rotatable bonds is 7. The van der Waals surface area contributed by atoms with E-state index in [0.717, 1.165) is 17.3 Å². The largest absolute Gasteiger partial charge is 0.481 e. The summed E-state index contributed by atoms with van der Waals surface area (Å²) in [6.07, 6.45) is 0.646. The number of carbonyl (C=O) groups is 1. The zero-order valence-electron chi connectivity index (χ0n) is 11.4. The van der Waals surface area contributed by atoms with E-state index in [1.807, 2.05) is 18.2 Å². The number of hydrogen-bond acceptors (Lipinski definition) is 5. The normalized spacial score (nSPS) is 10.7. The molecule has 0 bridgehead atoms. The van der Waals surface area contributed by atoms with Crippen molar-refractivity contribution in [1.82, 2.24) is 14.8 Å². The summed E-state index contributed by atoms with van der Waals surface area (Å²) in [6, 6.07) is 7.40. The Hall–Kier alpha value is -2.06. The molecule has 112 valence electrons. The Morgan fingerprint density at radius 1 is 1.48 bits per heavy atom. The number of ether oxygens (including phenoxy) is 1. The molecule has 0 saturated carbocycles. The molecular weight excluding hydrogens is 294 g/mol. The molecule has 0 fully saturated rings. The van der Waals surface area contributed by atoms with E-state index in [-0.39, 0.29) is 5.75 Å². The van der Waals surface area contributed by atoms with Gasteiger partial charge < -0.3 is 9.84 Å². The van der Waals surface area contributed by atoms with Gasteiger partial charge in [0.1, 0.15) is 0 Å². The van der Waals surface area contributed by atoms with Gasteiger partial charge >= 0.3 is 11.7 Å². The number of carboxylic acids is 1. The molecule has 0 spiro atoms.